The first-order valence-electron chi connectivity index (χ1n) is 6.48. The van der Waals surface area contributed by atoms with E-state index in [4.69, 9.17) is 5.73 Å². The highest BCUT2D eigenvalue weighted by molar-refractivity contribution is 7.10. The molecule has 2 nitrogen and oxygen atoms in total. The fourth-order valence-corrected chi connectivity index (χ4v) is 3.76. The van der Waals surface area contributed by atoms with Gasteiger partial charge in [-0.2, -0.15) is 13.2 Å². The van der Waals surface area contributed by atoms with Gasteiger partial charge in [-0.3, -0.25) is 4.90 Å². The van der Waals surface area contributed by atoms with Gasteiger partial charge >= 0.3 is 6.18 Å². The van der Waals surface area contributed by atoms with E-state index in [1.165, 1.54) is 10.4 Å². The zero-order valence-electron chi connectivity index (χ0n) is 10.9. The van der Waals surface area contributed by atoms with Crippen molar-refractivity contribution in [2.75, 3.05) is 19.6 Å². The molecule has 108 valence electrons. The van der Waals surface area contributed by atoms with E-state index in [1.54, 1.807) is 11.3 Å². The molecule has 6 heteroatoms. The molecule has 0 radical (unpaired) electrons. The van der Waals surface area contributed by atoms with Gasteiger partial charge in [0, 0.05) is 11.4 Å². The molecular formula is C13H19F3N2S. The van der Waals surface area contributed by atoms with Gasteiger partial charge in [0.25, 0.3) is 0 Å². The number of likely N-dealkylation sites (tertiary alicyclic amines) is 1. The second-order valence-electron chi connectivity index (χ2n) is 5.07. The molecule has 1 unspecified atom stereocenters. The predicted octanol–water partition coefficient (Wildman–Crippen LogP) is 3.33. The second kappa shape index (κ2) is 5.81. The first kappa shape index (κ1) is 14.8. The molecule has 19 heavy (non-hydrogen) atoms. The quantitative estimate of drug-likeness (QED) is 0.926. The number of nitrogens with two attached hydrogens (primary N) is 1. The molecule has 1 atom stereocenters. The molecule has 0 spiro atoms. The zero-order valence-corrected chi connectivity index (χ0v) is 11.7. The Hall–Kier alpha value is -0.590. The average Bonchev–Trinajstić information content (AvgIpc) is 2.76. The van der Waals surface area contributed by atoms with Crippen LogP contribution >= 0.6 is 11.3 Å². The van der Waals surface area contributed by atoms with Gasteiger partial charge in [-0.05, 0) is 49.9 Å². The van der Waals surface area contributed by atoms with Gasteiger partial charge < -0.3 is 5.73 Å². The zero-order chi connectivity index (χ0) is 14.0. The van der Waals surface area contributed by atoms with E-state index in [1.807, 2.05) is 18.4 Å². The van der Waals surface area contributed by atoms with E-state index in [0.29, 0.717) is 19.6 Å². The lowest BCUT2D eigenvalue weighted by Gasteiger charge is -2.37. The van der Waals surface area contributed by atoms with E-state index in [-0.39, 0.29) is 18.9 Å². The minimum Gasteiger partial charge on any atom is -0.329 e. The lowest BCUT2D eigenvalue weighted by atomic mass is 9.94. The molecule has 1 aromatic rings. The van der Waals surface area contributed by atoms with Gasteiger partial charge in [-0.1, -0.05) is 0 Å². The van der Waals surface area contributed by atoms with Crippen LogP contribution in [0.25, 0.3) is 0 Å². The lowest BCUT2D eigenvalue weighted by Crippen LogP contribution is -2.42. The first-order chi connectivity index (χ1) is 8.93. The van der Waals surface area contributed by atoms with Crippen molar-refractivity contribution in [3.63, 3.8) is 0 Å². The number of rotatable bonds is 3. The standard InChI is InChI=1S/C13H19F3N2S/c1-9-4-7-19-12(9)11(8-17)18-5-2-10(3-6-18)13(14,15)16/h4,7,10-11H,2-3,5-6,8,17H2,1H3. The Balaban J connectivity index is 2.02. The van der Waals surface area contributed by atoms with Gasteiger partial charge in [0.05, 0.1) is 12.0 Å². The summed E-state index contributed by atoms with van der Waals surface area (Å²) in [7, 11) is 0. The number of thiophene rings is 1. The van der Waals surface area contributed by atoms with E-state index >= 15 is 0 Å². The number of hydrogen-bond donors (Lipinski definition) is 1. The lowest BCUT2D eigenvalue weighted by molar-refractivity contribution is -0.186. The number of aryl methyl sites for hydroxylation is 1. The molecule has 0 saturated carbocycles. The third-order valence-electron chi connectivity index (χ3n) is 3.86. The third kappa shape index (κ3) is 3.30. The molecule has 1 aromatic heterocycles. The van der Waals surface area contributed by atoms with Gasteiger partial charge in [-0.15, -0.1) is 11.3 Å². The molecule has 1 fully saturated rings. The van der Waals surface area contributed by atoms with Crippen molar-refractivity contribution in [1.29, 1.82) is 0 Å². The molecule has 2 heterocycles. The van der Waals surface area contributed by atoms with Gasteiger partial charge in [0.15, 0.2) is 0 Å². The molecular weight excluding hydrogens is 273 g/mol. The van der Waals surface area contributed by atoms with Crippen molar-refractivity contribution >= 4 is 11.3 Å². The fraction of sp³-hybridized carbons (Fsp3) is 0.692. The number of piperidine rings is 1. The molecule has 2 rings (SSSR count). The van der Waals surface area contributed by atoms with E-state index < -0.39 is 12.1 Å². The molecule has 0 amide bonds. The van der Waals surface area contributed by atoms with E-state index in [9.17, 15) is 13.2 Å². The summed E-state index contributed by atoms with van der Waals surface area (Å²) in [6.07, 6.45) is -3.68. The maximum absolute atomic E-state index is 12.6. The third-order valence-corrected chi connectivity index (χ3v) is 4.98. The van der Waals surface area contributed by atoms with Crippen LogP contribution in [0.3, 0.4) is 0 Å². The highest BCUT2D eigenvalue weighted by Gasteiger charge is 2.42. The van der Waals surface area contributed by atoms with Crippen molar-refractivity contribution in [1.82, 2.24) is 4.90 Å². The van der Waals surface area contributed by atoms with E-state index in [2.05, 4.69) is 4.90 Å². The van der Waals surface area contributed by atoms with Crippen LogP contribution in [0.5, 0.6) is 0 Å². The molecule has 1 saturated heterocycles. The number of alkyl halides is 3. The van der Waals surface area contributed by atoms with Crippen molar-refractivity contribution < 1.29 is 13.2 Å². The summed E-state index contributed by atoms with van der Waals surface area (Å²) < 4.78 is 37.9. The van der Waals surface area contributed by atoms with Crippen molar-refractivity contribution in [3.05, 3.63) is 21.9 Å². The SMILES string of the molecule is Cc1ccsc1C(CN)N1CCC(C(F)(F)F)CC1. The smallest absolute Gasteiger partial charge is 0.329 e. The topological polar surface area (TPSA) is 29.3 Å². The highest BCUT2D eigenvalue weighted by Crippen LogP contribution is 2.37. The molecule has 0 bridgehead atoms. The van der Waals surface area contributed by atoms with Crippen LogP contribution in [-0.4, -0.2) is 30.7 Å². The molecule has 1 aliphatic heterocycles. The summed E-state index contributed by atoms with van der Waals surface area (Å²) in [5, 5.41) is 2.01. The Morgan fingerprint density at radius 1 is 1.42 bits per heavy atom. The second-order valence-corrected chi connectivity index (χ2v) is 6.02. The maximum atomic E-state index is 12.6. The molecule has 0 aliphatic carbocycles. The van der Waals surface area contributed by atoms with Crippen molar-refractivity contribution in [2.45, 2.75) is 32.0 Å². The molecule has 0 aromatic carbocycles. The summed E-state index contributed by atoms with van der Waals surface area (Å²) in [6, 6.07) is 2.10. The molecule has 1 aliphatic rings. The Kier molecular flexibility index (Phi) is 4.53. The first-order valence-corrected chi connectivity index (χ1v) is 7.36. The minimum absolute atomic E-state index is 0.0641. The number of hydrogen-bond acceptors (Lipinski definition) is 3. The Labute approximate surface area is 115 Å². The average molecular weight is 292 g/mol. The summed E-state index contributed by atoms with van der Waals surface area (Å²) >= 11 is 1.64. The number of halogens is 3. The Morgan fingerprint density at radius 2 is 2.05 bits per heavy atom. The van der Waals surface area contributed by atoms with Gasteiger partial charge in [0.2, 0.25) is 0 Å². The van der Waals surface area contributed by atoms with Crippen LogP contribution in [0, 0.1) is 12.8 Å². The van der Waals surface area contributed by atoms with Crippen LogP contribution in [0.2, 0.25) is 0 Å². The normalized spacial score (nSPS) is 20.7. The predicted molar refractivity (Wildman–Crippen MR) is 71.2 cm³/mol. The van der Waals surface area contributed by atoms with E-state index in [0.717, 1.165) is 0 Å². The molecule has 2 N–H and O–H groups in total. The van der Waals surface area contributed by atoms with Gasteiger partial charge in [-0.25, -0.2) is 0 Å². The van der Waals surface area contributed by atoms with Crippen molar-refractivity contribution in [3.8, 4) is 0 Å². The summed E-state index contributed by atoms with van der Waals surface area (Å²) in [5.41, 5.74) is 7.01. The maximum Gasteiger partial charge on any atom is 0.391 e. The van der Waals surface area contributed by atoms with Crippen molar-refractivity contribution in [2.24, 2.45) is 11.7 Å². The fourth-order valence-electron chi connectivity index (χ4n) is 2.69. The monoisotopic (exact) mass is 292 g/mol. The van der Waals surface area contributed by atoms with Crippen LogP contribution < -0.4 is 5.73 Å². The Morgan fingerprint density at radius 3 is 2.47 bits per heavy atom. The number of nitrogens with zero attached hydrogens (tertiary/aromatic N) is 1. The van der Waals surface area contributed by atoms with Crippen LogP contribution in [-0.2, 0) is 0 Å². The summed E-state index contributed by atoms with van der Waals surface area (Å²) in [5.74, 6) is -1.15. The summed E-state index contributed by atoms with van der Waals surface area (Å²) in [4.78, 5) is 3.29. The summed E-state index contributed by atoms with van der Waals surface area (Å²) in [6.45, 7) is 3.43. The van der Waals surface area contributed by atoms with Crippen LogP contribution in [0.15, 0.2) is 11.4 Å². The highest BCUT2D eigenvalue weighted by atomic mass is 32.1. The van der Waals surface area contributed by atoms with Crippen LogP contribution in [0.4, 0.5) is 13.2 Å². The largest absolute Gasteiger partial charge is 0.391 e. The van der Waals surface area contributed by atoms with Gasteiger partial charge in [0.1, 0.15) is 0 Å². The van der Waals surface area contributed by atoms with Crippen LogP contribution in [0.1, 0.15) is 29.3 Å². The minimum atomic E-state index is -4.05. The Bertz CT molecular complexity index is 408.